The van der Waals surface area contributed by atoms with Crippen molar-refractivity contribution in [3.8, 4) is 11.1 Å². The maximum absolute atomic E-state index is 12.8. The van der Waals surface area contributed by atoms with Gasteiger partial charge in [-0.2, -0.15) is 0 Å². The van der Waals surface area contributed by atoms with Crippen LogP contribution in [0.25, 0.3) is 21.9 Å². The zero-order valence-corrected chi connectivity index (χ0v) is 18.2. The smallest absolute Gasteiger partial charge is 0.251 e. The zero-order chi connectivity index (χ0) is 23.4. The molecular formula is C28H24N2O3. The lowest BCUT2D eigenvalue weighted by molar-refractivity contribution is -0.109. The first kappa shape index (κ1) is 22.0. The molecule has 1 atom stereocenters. The lowest BCUT2D eigenvalue weighted by Gasteiger charge is -2.16. The minimum absolute atomic E-state index is 0.327. The molecule has 4 aromatic carbocycles. The van der Waals surface area contributed by atoms with E-state index in [1.54, 1.807) is 12.1 Å². The van der Waals surface area contributed by atoms with Crippen LogP contribution in [-0.2, 0) is 11.2 Å². The molecule has 3 N–H and O–H groups in total. The van der Waals surface area contributed by atoms with Crippen LogP contribution in [0.5, 0.6) is 0 Å². The average Bonchev–Trinajstić information content (AvgIpc) is 2.83. The largest absolute Gasteiger partial charge is 0.366 e. The predicted molar refractivity (Wildman–Crippen MR) is 130 cm³/mol. The van der Waals surface area contributed by atoms with Crippen LogP contribution in [0.4, 0.5) is 0 Å². The van der Waals surface area contributed by atoms with Crippen LogP contribution in [0.3, 0.4) is 0 Å². The summed E-state index contributed by atoms with van der Waals surface area (Å²) < 4.78 is 0. The molecule has 0 bridgehead atoms. The highest BCUT2D eigenvalue weighted by Gasteiger charge is 2.18. The van der Waals surface area contributed by atoms with E-state index in [4.69, 9.17) is 5.73 Å². The molecule has 4 aromatic rings. The third-order valence-electron chi connectivity index (χ3n) is 5.73. The molecule has 0 aliphatic carbocycles. The fourth-order valence-corrected chi connectivity index (χ4v) is 4.12. The van der Waals surface area contributed by atoms with E-state index in [0.29, 0.717) is 17.5 Å². The van der Waals surface area contributed by atoms with Crippen LogP contribution in [0, 0.1) is 6.92 Å². The van der Waals surface area contributed by atoms with Gasteiger partial charge in [0.05, 0.1) is 11.6 Å². The molecule has 2 amide bonds. The second-order valence-corrected chi connectivity index (χ2v) is 8.01. The molecule has 5 nitrogen and oxygen atoms in total. The summed E-state index contributed by atoms with van der Waals surface area (Å²) in [5.74, 6) is -0.830. The van der Waals surface area contributed by atoms with Gasteiger partial charge < -0.3 is 15.8 Å². The van der Waals surface area contributed by atoms with Gasteiger partial charge in [0.15, 0.2) is 0 Å². The molecule has 1 unspecified atom stereocenters. The van der Waals surface area contributed by atoms with Gasteiger partial charge in [-0.15, -0.1) is 0 Å². The monoisotopic (exact) mass is 436 g/mol. The summed E-state index contributed by atoms with van der Waals surface area (Å²) in [4.78, 5) is 36.7. The lowest BCUT2D eigenvalue weighted by Crippen LogP contribution is -2.37. The van der Waals surface area contributed by atoms with E-state index >= 15 is 0 Å². The topological polar surface area (TPSA) is 89.3 Å². The first-order valence-corrected chi connectivity index (χ1v) is 10.7. The molecule has 0 saturated heterocycles. The summed E-state index contributed by atoms with van der Waals surface area (Å²) in [5, 5.41) is 4.51. The fraction of sp³-hybridized carbons (Fsp3) is 0.107. The summed E-state index contributed by atoms with van der Waals surface area (Å²) in [7, 11) is 0. The van der Waals surface area contributed by atoms with Crippen molar-refractivity contribution in [2.75, 3.05) is 0 Å². The standard InChI is InChI=1S/C28H24N2O3/c1-18-15-21(28(33)30-22(17-31)16-19-7-3-2-4-8-19)12-13-23(18)25-14-11-20-9-5-6-10-24(20)26(25)27(29)32/h2-15,17,22H,16H2,1H3,(H2,29,32)(H,30,33). The SMILES string of the molecule is Cc1cc(C(=O)NC(C=O)Cc2ccccc2)ccc1-c1ccc2ccccc2c1C(N)=O. The van der Waals surface area contributed by atoms with Crippen molar-refractivity contribution in [3.05, 3.63) is 107 Å². The molecule has 0 heterocycles. The van der Waals surface area contributed by atoms with E-state index in [2.05, 4.69) is 5.32 Å². The molecule has 0 radical (unpaired) electrons. The van der Waals surface area contributed by atoms with Crippen LogP contribution in [0.1, 0.15) is 31.8 Å². The summed E-state index contributed by atoms with van der Waals surface area (Å²) in [5.41, 5.74) is 9.98. The van der Waals surface area contributed by atoms with Crippen LogP contribution in [-0.4, -0.2) is 24.1 Å². The first-order valence-electron chi connectivity index (χ1n) is 10.7. The number of hydrogen-bond acceptors (Lipinski definition) is 3. The minimum Gasteiger partial charge on any atom is -0.366 e. The Bertz CT molecular complexity index is 1350. The number of primary amides is 1. The van der Waals surface area contributed by atoms with Gasteiger partial charge in [0.25, 0.3) is 5.91 Å². The minimum atomic E-state index is -0.623. The molecule has 33 heavy (non-hydrogen) atoms. The highest BCUT2D eigenvalue weighted by Crippen LogP contribution is 2.32. The predicted octanol–water partition coefficient (Wildman–Crippen LogP) is 4.45. The number of aryl methyl sites for hydroxylation is 1. The van der Waals surface area contributed by atoms with Crippen molar-refractivity contribution >= 4 is 28.9 Å². The number of amides is 2. The second kappa shape index (κ2) is 9.49. The van der Waals surface area contributed by atoms with Gasteiger partial charge in [-0.3, -0.25) is 9.59 Å². The number of nitrogens with two attached hydrogens (primary N) is 1. The number of hydrogen-bond donors (Lipinski definition) is 2. The molecular weight excluding hydrogens is 412 g/mol. The van der Waals surface area contributed by atoms with Crippen molar-refractivity contribution in [1.82, 2.24) is 5.32 Å². The molecule has 0 aliphatic heterocycles. The van der Waals surface area contributed by atoms with Crippen molar-refractivity contribution in [1.29, 1.82) is 0 Å². The van der Waals surface area contributed by atoms with E-state index < -0.39 is 11.9 Å². The Hall–Kier alpha value is -4.25. The molecule has 4 rings (SSSR count). The molecule has 164 valence electrons. The summed E-state index contributed by atoms with van der Waals surface area (Å²) in [6.45, 7) is 1.88. The maximum Gasteiger partial charge on any atom is 0.251 e. The first-order chi connectivity index (χ1) is 16.0. The number of fused-ring (bicyclic) bond motifs is 1. The molecule has 0 aromatic heterocycles. The zero-order valence-electron chi connectivity index (χ0n) is 18.2. The van der Waals surface area contributed by atoms with E-state index in [1.807, 2.05) is 79.7 Å². The van der Waals surface area contributed by atoms with E-state index in [1.165, 1.54) is 0 Å². The Kier molecular flexibility index (Phi) is 6.31. The third kappa shape index (κ3) is 4.67. The molecule has 0 aliphatic rings. The van der Waals surface area contributed by atoms with E-state index in [-0.39, 0.29) is 5.91 Å². The van der Waals surface area contributed by atoms with Gasteiger partial charge in [0.2, 0.25) is 5.91 Å². The van der Waals surface area contributed by atoms with Gasteiger partial charge in [-0.05, 0) is 58.5 Å². The number of carbonyl (C=O) groups is 3. The van der Waals surface area contributed by atoms with Crippen LogP contribution < -0.4 is 11.1 Å². The summed E-state index contributed by atoms with van der Waals surface area (Å²) in [6, 6.07) is 25.6. The third-order valence-corrected chi connectivity index (χ3v) is 5.73. The van der Waals surface area contributed by atoms with Gasteiger partial charge >= 0.3 is 0 Å². The lowest BCUT2D eigenvalue weighted by atomic mass is 9.90. The molecule has 5 heteroatoms. The fourth-order valence-electron chi connectivity index (χ4n) is 4.12. The number of nitrogens with one attached hydrogen (secondary N) is 1. The Morgan fingerprint density at radius 2 is 1.61 bits per heavy atom. The van der Waals surface area contributed by atoms with Crippen LogP contribution >= 0.6 is 0 Å². The van der Waals surface area contributed by atoms with Crippen LogP contribution in [0.2, 0.25) is 0 Å². The normalized spacial score (nSPS) is 11.7. The quantitative estimate of drug-likeness (QED) is 0.419. The average molecular weight is 437 g/mol. The number of carbonyl (C=O) groups excluding carboxylic acids is 3. The highest BCUT2D eigenvalue weighted by molar-refractivity contribution is 6.12. The Balaban J connectivity index is 1.62. The Morgan fingerprint density at radius 3 is 2.30 bits per heavy atom. The van der Waals surface area contributed by atoms with Crippen molar-refractivity contribution in [2.45, 2.75) is 19.4 Å². The van der Waals surface area contributed by atoms with Crippen molar-refractivity contribution in [2.24, 2.45) is 5.73 Å². The maximum atomic E-state index is 12.8. The van der Waals surface area contributed by atoms with E-state index in [9.17, 15) is 14.4 Å². The van der Waals surface area contributed by atoms with Crippen molar-refractivity contribution in [3.63, 3.8) is 0 Å². The number of rotatable bonds is 7. The second-order valence-electron chi connectivity index (χ2n) is 8.01. The number of benzene rings is 4. The highest BCUT2D eigenvalue weighted by atomic mass is 16.2. The van der Waals surface area contributed by atoms with Gasteiger partial charge in [0.1, 0.15) is 6.29 Å². The van der Waals surface area contributed by atoms with E-state index in [0.717, 1.165) is 39.3 Å². The summed E-state index contributed by atoms with van der Waals surface area (Å²) in [6.07, 6.45) is 1.17. The molecule has 0 fully saturated rings. The Labute approximate surface area is 192 Å². The Morgan fingerprint density at radius 1 is 0.909 bits per heavy atom. The van der Waals surface area contributed by atoms with Gasteiger partial charge in [-0.1, -0.05) is 72.8 Å². The van der Waals surface area contributed by atoms with Crippen molar-refractivity contribution < 1.29 is 14.4 Å². The molecule has 0 spiro atoms. The van der Waals surface area contributed by atoms with Gasteiger partial charge in [-0.25, -0.2) is 0 Å². The molecule has 0 saturated carbocycles. The van der Waals surface area contributed by atoms with Crippen LogP contribution in [0.15, 0.2) is 84.9 Å². The number of aldehydes is 1. The van der Waals surface area contributed by atoms with Gasteiger partial charge in [0, 0.05) is 5.56 Å². The summed E-state index contributed by atoms with van der Waals surface area (Å²) >= 11 is 0.